The average molecular weight is 338 g/mol. The molecule has 2 N–H and O–H groups in total. The SMILES string of the molecule is COc1ccc(C(=O)N2CCC[C@H](C(N)=O)C2)cc1-c1ccccc1. The smallest absolute Gasteiger partial charge is 0.253 e. The summed E-state index contributed by atoms with van der Waals surface area (Å²) in [6.07, 6.45) is 1.54. The Morgan fingerprint density at radius 3 is 2.60 bits per heavy atom. The number of amides is 2. The van der Waals surface area contributed by atoms with Gasteiger partial charge >= 0.3 is 0 Å². The maximum atomic E-state index is 12.9. The lowest BCUT2D eigenvalue weighted by Crippen LogP contribution is -2.44. The van der Waals surface area contributed by atoms with Gasteiger partial charge < -0.3 is 15.4 Å². The standard InChI is InChI=1S/C20H22N2O3/c1-25-18-10-9-15(12-17(18)14-6-3-2-4-7-14)20(24)22-11-5-8-16(13-22)19(21)23/h2-4,6-7,9-10,12,16H,5,8,11,13H2,1H3,(H2,21,23)/t16-/m0/s1. The Morgan fingerprint density at radius 1 is 1.16 bits per heavy atom. The van der Waals surface area contributed by atoms with E-state index in [1.54, 1.807) is 18.1 Å². The zero-order chi connectivity index (χ0) is 17.8. The predicted octanol–water partition coefficient (Wildman–Crippen LogP) is 2.70. The maximum absolute atomic E-state index is 12.9. The number of nitrogens with two attached hydrogens (primary N) is 1. The van der Waals surface area contributed by atoms with E-state index in [0.717, 1.165) is 29.7 Å². The number of likely N-dealkylation sites (tertiary alicyclic amines) is 1. The Labute approximate surface area is 147 Å². The van der Waals surface area contributed by atoms with Crippen molar-refractivity contribution < 1.29 is 14.3 Å². The third-order valence-corrected chi connectivity index (χ3v) is 4.64. The Bertz CT molecular complexity index is 774. The largest absolute Gasteiger partial charge is 0.496 e. The van der Waals surface area contributed by atoms with Crippen LogP contribution < -0.4 is 10.5 Å². The van der Waals surface area contributed by atoms with Gasteiger partial charge in [0.25, 0.3) is 5.91 Å². The first-order valence-corrected chi connectivity index (χ1v) is 8.42. The highest BCUT2D eigenvalue weighted by Gasteiger charge is 2.27. The molecule has 0 aromatic heterocycles. The van der Waals surface area contributed by atoms with Crippen molar-refractivity contribution >= 4 is 11.8 Å². The van der Waals surface area contributed by atoms with Gasteiger partial charge in [-0.25, -0.2) is 0 Å². The van der Waals surface area contributed by atoms with Gasteiger partial charge in [-0.05, 0) is 36.6 Å². The van der Waals surface area contributed by atoms with Crippen molar-refractivity contribution in [1.82, 2.24) is 4.90 Å². The van der Waals surface area contributed by atoms with Crippen molar-refractivity contribution in [3.63, 3.8) is 0 Å². The molecule has 0 spiro atoms. The molecule has 0 radical (unpaired) electrons. The topological polar surface area (TPSA) is 72.6 Å². The summed E-state index contributed by atoms with van der Waals surface area (Å²) in [5.74, 6) is 0.0453. The molecule has 3 rings (SSSR count). The van der Waals surface area contributed by atoms with E-state index in [-0.39, 0.29) is 17.7 Å². The minimum atomic E-state index is -0.336. The van der Waals surface area contributed by atoms with E-state index in [1.165, 1.54) is 0 Å². The third kappa shape index (κ3) is 3.65. The fraction of sp³-hybridized carbons (Fsp3) is 0.300. The number of benzene rings is 2. The molecule has 2 amide bonds. The molecule has 1 fully saturated rings. The van der Waals surface area contributed by atoms with Gasteiger partial charge in [0.2, 0.25) is 5.91 Å². The maximum Gasteiger partial charge on any atom is 0.253 e. The summed E-state index contributed by atoms with van der Waals surface area (Å²) < 4.78 is 5.44. The molecule has 0 saturated carbocycles. The van der Waals surface area contributed by atoms with Gasteiger partial charge in [0, 0.05) is 24.2 Å². The van der Waals surface area contributed by atoms with Crippen LogP contribution in [0.3, 0.4) is 0 Å². The Kier molecular flexibility index (Phi) is 5.03. The molecule has 1 saturated heterocycles. The first-order chi connectivity index (χ1) is 12.1. The molecule has 1 heterocycles. The monoisotopic (exact) mass is 338 g/mol. The van der Waals surface area contributed by atoms with Gasteiger partial charge in [-0.2, -0.15) is 0 Å². The van der Waals surface area contributed by atoms with Gasteiger partial charge in [0.1, 0.15) is 5.75 Å². The fourth-order valence-corrected chi connectivity index (χ4v) is 3.26. The first kappa shape index (κ1) is 17.0. The number of nitrogens with zero attached hydrogens (tertiary/aromatic N) is 1. The molecule has 0 bridgehead atoms. The quantitative estimate of drug-likeness (QED) is 0.931. The van der Waals surface area contributed by atoms with Gasteiger partial charge in [0.05, 0.1) is 13.0 Å². The van der Waals surface area contributed by atoms with Crippen LogP contribution >= 0.6 is 0 Å². The molecule has 0 unspecified atom stereocenters. The predicted molar refractivity (Wildman–Crippen MR) is 96.3 cm³/mol. The van der Waals surface area contributed by atoms with Crippen LogP contribution in [-0.2, 0) is 4.79 Å². The number of primary amides is 1. The second-order valence-electron chi connectivity index (χ2n) is 6.27. The summed E-state index contributed by atoms with van der Waals surface area (Å²) in [5, 5.41) is 0. The van der Waals surface area contributed by atoms with Crippen LogP contribution in [0, 0.1) is 5.92 Å². The van der Waals surface area contributed by atoms with Crippen LogP contribution in [0.1, 0.15) is 23.2 Å². The summed E-state index contributed by atoms with van der Waals surface area (Å²) in [6, 6.07) is 15.2. The highest BCUT2D eigenvalue weighted by molar-refractivity contribution is 5.96. The number of carbonyl (C=O) groups is 2. The number of ether oxygens (including phenoxy) is 1. The molecule has 5 heteroatoms. The van der Waals surface area contributed by atoms with Crippen LogP contribution in [0.5, 0.6) is 5.75 Å². The van der Waals surface area contributed by atoms with Crippen LogP contribution in [0.25, 0.3) is 11.1 Å². The van der Waals surface area contributed by atoms with Crippen molar-refractivity contribution in [2.45, 2.75) is 12.8 Å². The van der Waals surface area contributed by atoms with E-state index in [1.807, 2.05) is 42.5 Å². The van der Waals surface area contributed by atoms with Crippen molar-refractivity contribution in [1.29, 1.82) is 0 Å². The molecule has 1 aliphatic rings. The van der Waals surface area contributed by atoms with Crippen LogP contribution in [0.2, 0.25) is 0 Å². The molecule has 1 aliphatic heterocycles. The number of carbonyl (C=O) groups excluding carboxylic acids is 2. The van der Waals surface area contributed by atoms with E-state index in [9.17, 15) is 9.59 Å². The van der Waals surface area contributed by atoms with Crippen LogP contribution in [0.15, 0.2) is 48.5 Å². The molecule has 1 atom stereocenters. The lowest BCUT2D eigenvalue weighted by Gasteiger charge is -2.31. The van der Waals surface area contributed by atoms with Crippen LogP contribution in [-0.4, -0.2) is 36.9 Å². The summed E-state index contributed by atoms with van der Waals surface area (Å²) in [6.45, 7) is 1.04. The summed E-state index contributed by atoms with van der Waals surface area (Å²) in [4.78, 5) is 26.1. The van der Waals surface area contributed by atoms with Crippen molar-refractivity contribution in [3.05, 3.63) is 54.1 Å². The number of hydrogen-bond donors (Lipinski definition) is 1. The summed E-state index contributed by atoms with van der Waals surface area (Å²) in [7, 11) is 1.62. The minimum absolute atomic E-state index is 0.0780. The zero-order valence-corrected chi connectivity index (χ0v) is 14.3. The molecule has 0 aliphatic carbocycles. The summed E-state index contributed by atoms with van der Waals surface area (Å²) >= 11 is 0. The Morgan fingerprint density at radius 2 is 1.92 bits per heavy atom. The van der Waals surface area contributed by atoms with E-state index >= 15 is 0 Å². The molecular formula is C20H22N2O3. The van der Waals surface area contributed by atoms with Crippen molar-refractivity contribution in [3.8, 4) is 16.9 Å². The van der Waals surface area contributed by atoms with E-state index < -0.39 is 0 Å². The molecule has 25 heavy (non-hydrogen) atoms. The Balaban J connectivity index is 1.90. The number of rotatable bonds is 4. The van der Waals surface area contributed by atoms with Gasteiger partial charge in [-0.15, -0.1) is 0 Å². The minimum Gasteiger partial charge on any atom is -0.496 e. The number of piperidine rings is 1. The van der Waals surface area contributed by atoms with E-state index in [4.69, 9.17) is 10.5 Å². The highest BCUT2D eigenvalue weighted by Crippen LogP contribution is 2.31. The highest BCUT2D eigenvalue weighted by atomic mass is 16.5. The van der Waals surface area contributed by atoms with Crippen molar-refractivity contribution in [2.75, 3.05) is 20.2 Å². The number of hydrogen-bond acceptors (Lipinski definition) is 3. The van der Waals surface area contributed by atoms with Gasteiger partial charge in [-0.1, -0.05) is 30.3 Å². The van der Waals surface area contributed by atoms with Crippen LogP contribution in [0.4, 0.5) is 0 Å². The molecular weight excluding hydrogens is 316 g/mol. The lowest BCUT2D eigenvalue weighted by molar-refractivity contribution is -0.123. The average Bonchev–Trinajstić information content (AvgIpc) is 2.67. The van der Waals surface area contributed by atoms with Gasteiger partial charge in [-0.3, -0.25) is 9.59 Å². The third-order valence-electron chi connectivity index (χ3n) is 4.64. The van der Waals surface area contributed by atoms with E-state index in [0.29, 0.717) is 18.7 Å². The molecule has 130 valence electrons. The summed E-state index contributed by atoms with van der Waals surface area (Å²) in [5.41, 5.74) is 7.86. The Hall–Kier alpha value is -2.82. The lowest BCUT2D eigenvalue weighted by atomic mass is 9.96. The van der Waals surface area contributed by atoms with E-state index in [2.05, 4.69) is 0 Å². The van der Waals surface area contributed by atoms with Gasteiger partial charge in [0.15, 0.2) is 0 Å². The second-order valence-corrected chi connectivity index (χ2v) is 6.27. The molecule has 2 aromatic carbocycles. The molecule has 5 nitrogen and oxygen atoms in total. The fourth-order valence-electron chi connectivity index (χ4n) is 3.26. The molecule has 2 aromatic rings. The normalized spacial score (nSPS) is 17.2. The van der Waals surface area contributed by atoms with Crippen molar-refractivity contribution in [2.24, 2.45) is 11.7 Å². The first-order valence-electron chi connectivity index (χ1n) is 8.42. The second kappa shape index (κ2) is 7.38. The zero-order valence-electron chi connectivity index (χ0n) is 14.3. The number of methoxy groups -OCH3 is 1.